The smallest absolute Gasteiger partial charge is 0.335 e. The van der Waals surface area contributed by atoms with Crippen LogP contribution in [0.1, 0.15) is 23.7 Å². The van der Waals surface area contributed by atoms with Crippen molar-refractivity contribution in [2.75, 3.05) is 13.1 Å². The minimum atomic E-state index is -3.62. The Balaban J connectivity index is 2.37. The third-order valence-corrected chi connectivity index (χ3v) is 4.86. The summed E-state index contributed by atoms with van der Waals surface area (Å²) in [5.41, 5.74) is 0.981. The Morgan fingerprint density at radius 2 is 2.11 bits per heavy atom. The molecule has 2 rings (SSSR count). The van der Waals surface area contributed by atoms with Crippen LogP contribution in [-0.4, -0.2) is 36.9 Å². The molecule has 1 N–H and O–H groups in total. The molecule has 0 saturated heterocycles. The van der Waals surface area contributed by atoms with Crippen molar-refractivity contribution in [3.63, 3.8) is 0 Å². The van der Waals surface area contributed by atoms with Crippen LogP contribution in [-0.2, 0) is 10.0 Å². The quantitative estimate of drug-likeness (QED) is 0.856. The van der Waals surface area contributed by atoms with Gasteiger partial charge in [0.15, 0.2) is 0 Å². The second-order valence-corrected chi connectivity index (χ2v) is 6.45. The predicted octanol–water partition coefficient (Wildman–Crippen LogP) is 1.73. The number of hydrogen-bond donors (Lipinski definition) is 1. The predicted molar refractivity (Wildman–Crippen MR) is 70.5 cm³/mol. The number of carbonyl (C=O) groups is 1. The highest BCUT2D eigenvalue weighted by atomic mass is 32.2. The van der Waals surface area contributed by atoms with Gasteiger partial charge in [0.1, 0.15) is 0 Å². The van der Waals surface area contributed by atoms with E-state index < -0.39 is 16.0 Å². The van der Waals surface area contributed by atoms with Crippen molar-refractivity contribution in [3.05, 3.63) is 41.5 Å². The van der Waals surface area contributed by atoms with Gasteiger partial charge in [-0.15, -0.1) is 0 Å². The molecule has 1 aromatic rings. The Morgan fingerprint density at radius 1 is 1.37 bits per heavy atom. The monoisotopic (exact) mass is 281 g/mol. The molecule has 1 heterocycles. The minimum Gasteiger partial charge on any atom is -0.478 e. The lowest BCUT2D eigenvalue weighted by Gasteiger charge is -2.25. The first-order valence-corrected chi connectivity index (χ1v) is 7.34. The van der Waals surface area contributed by atoms with Crippen LogP contribution in [0.3, 0.4) is 0 Å². The normalized spacial score (nSPS) is 17.0. The molecule has 0 fully saturated rings. The van der Waals surface area contributed by atoms with Gasteiger partial charge in [-0.2, -0.15) is 4.31 Å². The number of carboxylic acids is 1. The molecule has 1 aromatic carbocycles. The van der Waals surface area contributed by atoms with E-state index in [1.165, 1.54) is 28.6 Å². The third kappa shape index (κ3) is 2.85. The molecular weight excluding hydrogens is 266 g/mol. The lowest BCUT2D eigenvalue weighted by atomic mass is 10.2. The fourth-order valence-electron chi connectivity index (χ4n) is 2.02. The first kappa shape index (κ1) is 13.8. The molecule has 0 spiro atoms. The molecule has 0 radical (unpaired) electrons. The average molecular weight is 281 g/mol. The number of aromatic carboxylic acids is 1. The lowest BCUT2D eigenvalue weighted by Crippen LogP contribution is -2.35. The summed E-state index contributed by atoms with van der Waals surface area (Å²) in [4.78, 5) is 10.9. The van der Waals surface area contributed by atoms with E-state index >= 15 is 0 Å². The average Bonchev–Trinajstić information content (AvgIpc) is 2.39. The number of sulfonamides is 1. The van der Waals surface area contributed by atoms with Gasteiger partial charge in [0, 0.05) is 13.1 Å². The van der Waals surface area contributed by atoms with Crippen LogP contribution in [0.5, 0.6) is 0 Å². The summed E-state index contributed by atoms with van der Waals surface area (Å²) in [5.74, 6) is -1.13. The number of benzene rings is 1. The fourth-order valence-corrected chi connectivity index (χ4v) is 3.56. The van der Waals surface area contributed by atoms with Crippen molar-refractivity contribution in [3.8, 4) is 0 Å². The number of hydrogen-bond acceptors (Lipinski definition) is 3. The molecule has 5 nitrogen and oxygen atoms in total. The van der Waals surface area contributed by atoms with Crippen LogP contribution < -0.4 is 0 Å². The van der Waals surface area contributed by atoms with Gasteiger partial charge < -0.3 is 5.11 Å². The van der Waals surface area contributed by atoms with E-state index in [1.54, 1.807) is 0 Å². The van der Waals surface area contributed by atoms with Gasteiger partial charge in [-0.05, 0) is 31.5 Å². The maximum absolute atomic E-state index is 12.4. The van der Waals surface area contributed by atoms with Gasteiger partial charge in [-0.3, -0.25) is 0 Å². The highest BCUT2D eigenvalue weighted by Gasteiger charge is 2.26. The zero-order chi connectivity index (χ0) is 14.0. The Morgan fingerprint density at radius 3 is 2.74 bits per heavy atom. The van der Waals surface area contributed by atoms with Gasteiger partial charge in [-0.1, -0.05) is 17.7 Å². The second-order valence-electron chi connectivity index (χ2n) is 4.51. The van der Waals surface area contributed by atoms with Crippen LogP contribution in [0, 0.1) is 0 Å². The zero-order valence-corrected chi connectivity index (χ0v) is 11.4. The van der Waals surface area contributed by atoms with Crippen LogP contribution in [0.15, 0.2) is 40.8 Å². The van der Waals surface area contributed by atoms with E-state index in [0.717, 1.165) is 5.57 Å². The van der Waals surface area contributed by atoms with E-state index in [2.05, 4.69) is 0 Å². The van der Waals surface area contributed by atoms with Crippen LogP contribution in [0.25, 0.3) is 0 Å². The van der Waals surface area contributed by atoms with Crippen molar-refractivity contribution in [1.29, 1.82) is 0 Å². The summed E-state index contributed by atoms with van der Waals surface area (Å²) in [6, 6.07) is 5.45. The van der Waals surface area contributed by atoms with Gasteiger partial charge in [-0.25, -0.2) is 13.2 Å². The Labute approximate surface area is 112 Å². The molecule has 0 aliphatic carbocycles. The van der Waals surface area contributed by atoms with Crippen molar-refractivity contribution >= 4 is 16.0 Å². The maximum atomic E-state index is 12.4. The largest absolute Gasteiger partial charge is 0.478 e. The van der Waals surface area contributed by atoms with E-state index in [9.17, 15) is 13.2 Å². The first-order valence-electron chi connectivity index (χ1n) is 5.90. The first-order chi connectivity index (χ1) is 8.91. The van der Waals surface area contributed by atoms with Crippen LogP contribution in [0.2, 0.25) is 0 Å². The standard InChI is InChI=1S/C13H15NO4S/c1-10-4-3-7-14(9-10)19(17,18)12-6-2-5-11(8-12)13(15)16/h2,4-6,8H,3,7,9H2,1H3,(H,15,16). The molecule has 0 atom stereocenters. The number of carboxylic acid groups (broad SMARTS) is 1. The molecule has 0 amide bonds. The molecule has 0 saturated carbocycles. The molecule has 0 unspecified atom stereocenters. The molecular formula is C13H15NO4S. The zero-order valence-electron chi connectivity index (χ0n) is 10.5. The molecule has 0 bridgehead atoms. The molecule has 1 aliphatic heterocycles. The summed E-state index contributed by atoms with van der Waals surface area (Å²) < 4.78 is 26.2. The minimum absolute atomic E-state index is 0.0228. The van der Waals surface area contributed by atoms with Gasteiger partial charge in [0.05, 0.1) is 10.5 Å². The Hall–Kier alpha value is -1.66. The summed E-state index contributed by atoms with van der Waals surface area (Å²) in [5, 5.41) is 8.91. The van der Waals surface area contributed by atoms with E-state index in [1.807, 2.05) is 13.0 Å². The summed E-state index contributed by atoms with van der Waals surface area (Å²) >= 11 is 0. The molecule has 1 aliphatic rings. The van der Waals surface area contributed by atoms with Gasteiger partial charge in [0.2, 0.25) is 10.0 Å². The third-order valence-electron chi connectivity index (χ3n) is 3.02. The molecule has 102 valence electrons. The lowest BCUT2D eigenvalue weighted by molar-refractivity contribution is 0.0696. The SMILES string of the molecule is CC1=CCCN(S(=O)(=O)c2cccc(C(=O)O)c2)C1. The van der Waals surface area contributed by atoms with Crippen molar-refractivity contribution < 1.29 is 18.3 Å². The van der Waals surface area contributed by atoms with E-state index in [4.69, 9.17) is 5.11 Å². The van der Waals surface area contributed by atoms with Gasteiger partial charge >= 0.3 is 5.97 Å². The van der Waals surface area contributed by atoms with Crippen molar-refractivity contribution in [2.24, 2.45) is 0 Å². The maximum Gasteiger partial charge on any atom is 0.335 e. The second kappa shape index (κ2) is 5.14. The summed E-state index contributed by atoms with van der Waals surface area (Å²) in [6.45, 7) is 2.67. The Bertz CT molecular complexity index is 634. The fraction of sp³-hybridized carbons (Fsp3) is 0.308. The Kier molecular flexibility index (Phi) is 3.73. The molecule has 6 heteroatoms. The van der Waals surface area contributed by atoms with Gasteiger partial charge in [0.25, 0.3) is 0 Å². The molecule has 0 aromatic heterocycles. The van der Waals surface area contributed by atoms with Crippen LogP contribution >= 0.6 is 0 Å². The number of rotatable bonds is 3. The van der Waals surface area contributed by atoms with E-state index in [-0.39, 0.29) is 10.5 Å². The van der Waals surface area contributed by atoms with Crippen molar-refractivity contribution in [2.45, 2.75) is 18.2 Å². The molecule has 19 heavy (non-hydrogen) atoms. The summed E-state index contributed by atoms with van der Waals surface area (Å²) in [7, 11) is -3.62. The highest BCUT2D eigenvalue weighted by Crippen LogP contribution is 2.21. The van der Waals surface area contributed by atoms with Crippen LogP contribution in [0.4, 0.5) is 0 Å². The summed E-state index contributed by atoms with van der Waals surface area (Å²) in [6.07, 6.45) is 2.70. The number of nitrogens with zero attached hydrogens (tertiary/aromatic N) is 1. The van der Waals surface area contributed by atoms with Crippen molar-refractivity contribution in [1.82, 2.24) is 4.31 Å². The van der Waals surface area contributed by atoms with E-state index in [0.29, 0.717) is 19.5 Å². The topological polar surface area (TPSA) is 74.7 Å². The highest BCUT2D eigenvalue weighted by molar-refractivity contribution is 7.89.